The third-order valence-corrected chi connectivity index (χ3v) is 8.47. The maximum absolute atomic E-state index is 13.1. The number of pyridine rings is 1. The maximum Gasteiger partial charge on any atom is 0.330 e. The van der Waals surface area contributed by atoms with E-state index in [1.807, 2.05) is 0 Å². The van der Waals surface area contributed by atoms with Gasteiger partial charge in [-0.2, -0.15) is 0 Å². The van der Waals surface area contributed by atoms with Crippen LogP contribution in [0.25, 0.3) is 0 Å². The molecule has 0 atom stereocenters. The Kier molecular flexibility index (Phi) is 11.3. The van der Waals surface area contributed by atoms with E-state index in [4.69, 9.17) is 46.5 Å². The van der Waals surface area contributed by atoms with Gasteiger partial charge in [0.25, 0.3) is 5.91 Å². The summed E-state index contributed by atoms with van der Waals surface area (Å²) in [6.45, 7) is 4.24. The van der Waals surface area contributed by atoms with Crippen molar-refractivity contribution < 1.29 is 32.6 Å². The number of hydrogen-bond acceptors (Lipinski definition) is 8. The highest BCUT2D eigenvalue weighted by Crippen LogP contribution is 2.48. The summed E-state index contributed by atoms with van der Waals surface area (Å²) in [5.41, 5.74) is 0.518. The molecule has 37 heavy (non-hydrogen) atoms. The summed E-state index contributed by atoms with van der Waals surface area (Å²) in [5.74, 6) is 0.713. The number of amides is 1. The summed E-state index contributed by atoms with van der Waals surface area (Å²) >= 11 is 12.8. The van der Waals surface area contributed by atoms with Gasteiger partial charge in [-0.3, -0.25) is 9.36 Å². The predicted octanol–water partition coefficient (Wildman–Crippen LogP) is 7.01. The molecule has 1 N–H and O–H groups in total. The number of aromatic nitrogens is 1. The summed E-state index contributed by atoms with van der Waals surface area (Å²) in [5, 5.41) is 2.94. The highest BCUT2D eigenvalue weighted by atomic mass is 35.5. The fraction of sp³-hybridized carbons (Fsp3) is 0.520. The van der Waals surface area contributed by atoms with E-state index >= 15 is 0 Å². The van der Waals surface area contributed by atoms with Crippen LogP contribution < -0.4 is 19.5 Å². The van der Waals surface area contributed by atoms with Crippen LogP contribution in [-0.4, -0.2) is 50.1 Å². The quantitative estimate of drug-likeness (QED) is 0.190. The number of nitrogens with one attached hydrogen (secondary N) is 1. The lowest BCUT2D eigenvalue weighted by Gasteiger charge is -2.18. The van der Waals surface area contributed by atoms with Gasteiger partial charge in [-0.1, -0.05) is 23.2 Å². The number of anilines is 1. The molecule has 0 saturated heterocycles. The van der Waals surface area contributed by atoms with Crippen molar-refractivity contribution in [2.45, 2.75) is 52.1 Å². The largest absolute Gasteiger partial charge is 0.493 e. The molecule has 1 saturated carbocycles. The Morgan fingerprint density at radius 1 is 1.14 bits per heavy atom. The zero-order chi connectivity index (χ0) is 26.8. The third-order valence-electron chi connectivity index (χ3n) is 5.67. The van der Waals surface area contributed by atoms with Gasteiger partial charge in [-0.25, -0.2) is 4.98 Å². The fourth-order valence-electron chi connectivity index (χ4n) is 3.93. The maximum atomic E-state index is 13.1. The number of carbonyl (C=O) groups is 1. The van der Waals surface area contributed by atoms with Crippen molar-refractivity contribution in [3.63, 3.8) is 0 Å². The molecule has 204 valence electrons. The van der Waals surface area contributed by atoms with E-state index in [1.165, 1.54) is 6.20 Å². The molecule has 3 rings (SSSR count). The zero-order valence-electron chi connectivity index (χ0n) is 21.3. The smallest absolute Gasteiger partial charge is 0.330 e. The van der Waals surface area contributed by atoms with E-state index in [1.54, 1.807) is 39.2 Å². The molecule has 1 aromatic carbocycles. The number of halogens is 2. The Labute approximate surface area is 227 Å². The van der Waals surface area contributed by atoms with Crippen molar-refractivity contribution in [2.24, 2.45) is 0 Å². The van der Waals surface area contributed by atoms with E-state index in [2.05, 4.69) is 10.3 Å². The molecule has 0 unspecified atom stereocenters. The lowest BCUT2D eigenvalue weighted by atomic mass is 10.1. The van der Waals surface area contributed by atoms with Crippen LogP contribution in [0.15, 0.2) is 24.4 Å². The summed E-state index contributed by atoms with van der Waals surface area (Å²) in [7, 11) is -1.62. The van der Waals surface area contributed by atoms with Crippen LogP contribution in [0.3, 0.4) is 0 Å². The number of ether oxygens (including phenoxy) is 3. The second kappa shape index (κ2) is 14.2. The van der Waals surface area contributed by atoms with Gasteiger partial charge in [0.05, 0.1) is 56.1 Å². The van der Waals surface area contributed by atoms with Gasteiger partial charge in [-0.15, -0.1) is 0 Å². The van der Waals surface area contributed by atoms with E-state index in [-0.39, 0.29) is 53.7 Å². The van der Waals surface area contributed by atoms with Crippen LogP contribution in [0.2, 0.25) is 10.0 Å². The van der Waals surface area contributed by atoms with Crippen molar-refractivity contribution in [1.82, 2.24) is 4.98 Å². The molecule has 1 fully saturated rings. The molecule has 2 aromatic rings. The first-order chi connectivity index (χ1) is 17.8. The van der Waals surface area contributed by atoms with Gasteiger partial charge in [0.2, 0.25) is 5.88 Å². The Morgan fingerprint density at radius 3 is 2.49 bits per heavy atom. The molecule has 9 nitrogen and oxygen atoms in total. The highest BCUT2D eigenvalue weighted by molar-refractivity contribution is 7.53. The first kappa shape index (κ1) is 29.5. The lowest BCUT2D eigenvalue weighted by molar-refractivity contribution is 0.102. The zero-order valence-corrected chi connectivity index (χ0v) is 23.7. The normalized spacial score (nSPS) is 14.0. The number of methoxy groups -OCH3 is 1. The molecule has 0 bridgehead atoms. The first-order valence-corrected chi connectivity index (χ1v) is 14.8. The molecule has 1 heterocycles. The van der Waals surface area contributed by atoms with Crippen molar-refractivity contribution in [2.75, 3.05) is 38.4 Å². The molecule has 0 radical (unpaired) electrons. The van der Waals surface area contributed by atoms with Crippen LogP contribution in [-0.2, 0) is 13.6 Å². The Morgan fingerprint density at radius 2 is 1.84 bits per heavy atom. The van der Waals surface area contributed by atoms with Gasteiger partial charge in [-0.05, 0) is 64.2 Å². The lowest BCUT2D eigenvalue weighted by Crippen LogP contribution is -2.15. The molecule has 1 aliphatic rings. The van der Waals surface area contributed by atoms with Gasteiger partial charge < -0.3 is 28.6 Å². The van der Waals surface area contributed by atoms with Crippen LogP contribution in [0.5, 0.6) is 17.4 Å². The molecule has 1 aliphatic carbocycles. The summed E-state index contributed by atoms with van der Waals surface area (Å²) in [6.07, 6.45) is 6.20. The van der Waals surface area contributed by atoms with E-state index in [0.717, 1.165) is 25.7 Å². The molecule has 0 spiro atoms. The van der Waals surface area contributed by atoms with Gasteiger partial charge in [0.15, 0.2) is 11.5 Å². The van der Waals surface area contributed by atoms with Crippen LogP contribution in [0, 0.1) is 0 Å². The highest BCUT2D eigenvalue weighted by Gasteiger charge is 2.24. The van der Waals surface area contributed by atoms with Crippen molar-refractivity contribution in [1.29, 1.82) is 0 Å². The summed E-state index contributed by atoms with van der Waals surface area (Å²) in [4.78, 5) is 17.2. The number of hydrogen-bond donors (Lipinski definition) is 1. The average molecular weight is 575 g/mol. The Balaban J connectivity index is 1.67. The standard InChI is InChI=1S/C25H33Cl2N2O7P/c1-4-34-37(31,35-5-2)14-8-13-33-25-22(27)23(19(26)16-28-25)29-24(30)17-11-12-20(32-3)21(15-17)36-18-9-6-7-10-18/h11-12,15-16,18H,4-10,13-14H2,1-3H3,(H,28,29,30). The minimum Gasteiger partial charge on any atom is -0.493 e. The van der Waals surface area contributed by atoms with E-state index in [9.17, 15) is 9.36 Å². The SMILES string of the molecule is CCOP(=O)(CCCOc1ncc(Cl)c(NC(=O)c2ccc(OC)c(OC3CCCC3)c2)c1Cl)OCC. The number of rotatable bonds is 14. The number of benzene rings is 1. The molecule has 1 amide bonds. The topological polar surface area (TPSA) is 105 Å². The number of carbonyl (C=O) groups excluding carboxylic acids is 1. The predicted molar refractivity (Wildman–Crippen MR) is 144 cm³/mol. The number of nitrogens with zero attached hydrogens (tertiary/aromatic N) is 1. The van der Waals surface area contributed by atoms with Gasteiger partial charge in [0.1, 0.15) is 5.02 Å². The fourth-order valence-corrected chi connectivity index (χ4v) is 6.06. The summed E-state index contributed by atoms with van der Waals surface area (Å²) in [6, 6.07) is 4.96. The first-order valence-electron chi connectivity index (χ1n) is 12.3. The van der Waals surface area contributed by atoms with Crippen LogP contribution in [0.1, 0.15) is 56.3 Å². The average Bonchev–Trinajstić information content (AvgIpc) is 3.39. The van der Waals surface area contributed by atoms with E-state index < -0.39 is 13.5 Å². The van der Waals surface area contributed by atoms with E-state index in [0.29, 0.717) is 23.5 Å². The monoisotopic (exact) mass is 574 g/mol. The molecule has 0 aliphatic heterocycles. The van der Waals surface area contributed by atoms with Crippen molar-refractivity contribution >= 4 is 42.4 Å². The van der Waals surface area contributed by atoms with Crippen molar-refractivity contribution in [3.8, 4) is 17.4 Å². The molecular weight excluding hydrogens is 542 g/mol. The minimum atomic E-state index is -3.17. The third kappa shape index (κ3) is 8.23. The molecular formula is C25H33Cl2N2O7P. The molecule has 1 aromatic heterocycles. The second-order valence-electron chi connectivity index (χ2n) is 8.32. The van der Waals surface area contributed by atoms with Crippen LogP contribution in [0.4, 0.5) is 5.69 Å². The Bertz CT molecular complexity index is 1100. The van der Waals surface area contributed by atoms with Crippen LogP contribution >= 0.6 is 30.8 Å². The minimum absolute atomic E-state index is 0.0505. The van der Waals surface area contributed by atoms with Gasteiger partial charge >= 0.3 is 7.60 Å². The summed E-state index contributed by atoms with van der Waals surface area (Å²) < 4.78 is 40.3. The van der Waals surface area contributed by atoms with Crippen molar-refractivity contribution in [3.05, 3.63) is 40.0 Å². The van der Waals surface area contributed by atoms with Gasteiger partial charge in [0, 0.05) is 5.56 Å². The molecule has 12 heteroatoms. The second-order valence-corrected chi connectivity index (χ2v) is 11.3. The Hall–Kier alpha value is -2.03.